The van der Waals surface area contributed by atoms with Crippen molar-refractivity contribution in [1.82, 2.24) is 5.32 Å². The second-order valence-corrected chi connectivity index (χ2v) is 9.08. The van der Waals surface area contributed by atoms with Crippen molar-refractivity contribution in [1.29, 1.82) is 0 Å². The summed E-state index contributed by atoms with van der Waals surface area (Å²) in [6.45, 7) is 5.46. The Balaban J connectivity index is 2.26. The molecule has 0 fully saturated rings. The summed E-state index contributed by atoms with van der Waals surface area (Å²) in [5.74, 6) is -0.120. The lowest BCUT2D eigenvalue weighted by molar-refractivity contribution is -0.120. The van der Waals surface area contributed by atoms with Crippen molar-refractivity contribution in [2.75, 3.05) is 24.2 Å². The van der Waals surface area contributed by atoms with Gasteiger partial charge in [0, 0.05) is 5.02 Å². The van der Waals surface area contributed by atoms with Crippen molar-refractivity contribution >= 4 is 33.2 Å². The number of benzene rings is 2. The SMILES string of the molecule is COc1ccc(Cl)cc1N(CC(=O)N[C@@H](C)c1ccc(C)cc1C)S(C)(=O)=O. The molecule has 28 heavy (non-hydrogen) atoms. The summed E-state index contributed by atoms with van der Waals surface area (Å²) >= 11 is 6.02. The van der Waals surface area contributed by atoms with Gasteiger partial charge >= 0.3 is 0 Å². The third-order valence-electron chi connectivity index (χ3n) is 4.37. The average molecular weight is 425 g/mol. The number of anilines is 1. The molecular formula is C20H25ClN2O4S. The van der Waals surface area contributed by atoms with Gasteiger partial charge in [-0.3, -0.25) is 9.10 Å². The lowest BCUT2D eigenvalue weighted by Gasteiger charge is -2.25. The number of aryl methyl sites for hydroxylation is 2. The van der Waals surface area contributed by atoms with Gasteiger partial charge in [-0.2, -0.15) is 0 Å². The Bertz CT molecular complexity index is 976. The molecule has 0 aliphatic rings. The molecule has 0 saturated heterocycles. The minimum atomic E-state index is -3.74. The minimum Gasteiger partial charge on any atom is -0.495 e. The van der Waals surface area contributed by atoms with Crippen molar-refractivity contribution in [3.05, 3.63) is 58.1 Å². The molecule has 0 radical (unpaired) electrons. The molecule has 152 valence electrons. The lowest BCUT2D eigenvalue weighted by Crippen LogP contribution is -2.41. The number of carbonyl (C=O) groups excluding carboxylic acids is 1. The van der Waals surface area contributed by atoms with Gasteiger partial charge in [-0.15, -0.1) is 0 Å². The van der Waals surface area contributed by atoms with E-state index in [1.54, 1.807) is 12.1 Å². The quantitative estimate of drug-likeness (QED) is 0.736. The van der Waals surface area contributed by atoms with E-state index in [-0.39, 0.29) is 18.3 Å². The molecule has 0 aliphatic heterocycles. The van der Waals surface area contributed by atoms with Crippen LogP contribution in [0.2, 0.25) is 5.02 Å². The Labute approximate surface area is 171 Å². The first-order chi connectivity index (χ1) is 13.0. The number of methoxy groups -OCH3 is 1. The average Bonchev–Trinajstić information content (AvgIpc) is 2.58. The van der Waals surface area contributed by atoms with Gasteiger partial charge in [-0.05, 0) is 50.1 Å². The van der Waals surface area contributed by atoms with Crippen molar-refractivity contribution < 1.29 is 17.9 Å². The molecule has 0 aliphatic carbocycles. The van der Waals surface area contributed by atoms with Gasteiger partial charge in [0.15, 0.2) is 0 Å². The maximum absolute atomic E-state index is 12.6. The molecule has 2 aromatic carbocycles. The van der Waals surface area contributed by atoms with Crippen LogP contribution in [0, 0.1) is 13.8 Å². The van der Waals surface area contributed by atoms with Gasteiger partial charge in [0.1, 0.15) is 12.3 Å². The summed E-state index contributed by atoms with van der Waals surface area (Å²) in [6.07, 6.45) is 1.04. The predicted octanol–water partition coefficient (Wildman–Crippen LogP) is 3.61. The number of ether oxygens (including phenoxy) is 1. The van der Waals surface area contributed by atoms with Crippen molar-refractivity contribution in [3.8, 4) is 5.75 Å². The molecule has 1 N–H and O–H groups in total. The number of carbonyl (C=O) groups is 1. The van der Waals surface area contributed by atoms with E-state index in [9.17, 15) is 13.2 Å². The maximum atomic E-state index is 12.6. The van der Waals surface area contributed by atoms with Crippen LogP contribution in [-0.2, 0) is 14.8 Å². The number of sulfonamides is 1. The van der Waals surface area contributed by atoms with Crippen LogP contribution in [-0.4, -0.2) is 34.2 Å². The molecule has 0 unspecified atom stereocenters. The zero-order valence-electron chi connectivity index (χ0n) is 16.6. The standard InChI is InChI=1S/C20H25ClN2O4S/c1-13-6-8-17(14(2)10-13)15(3)22-20(24)12-23(28(5,25)26)18-11-16(21)7-9-19(18)27-4/h6-11,15H,12H2,1-5H3,(H,22,24)/t15-/m0/s1. The highest BCUT2D eigenvalue weighted by Crippen LogP contribution is 2.32. The normalized spacial score (nSPS) is 12.4. The fraction of sp³-hybridized carbons (Fsp3) is 0.350. The summed E-state index contributed by atoms with van der Waals surface area (Å²) in [5, 5.41) is 3.20. The highest BCUT2D eigenvalue weighted by Gasteiger charge is 2.25. The van der Waals surface area contributed by atoms with Crippen LogP contribution >= 0.6 is 11.6 Å². The molecule has 0 bridgehead atoms. The molecule has 6 nitrogen and oxygen atoms in total. The zero-order chi connectivity index (χ0) is 21.1. The fourth-order valence-corrected chi connectivity index (χ4v) is 4.06. The number of halogens is 1. The van der Waals surface area contributed by atoms with Crippen LogP contribution in [0.1, 0.15) is 29.7 Å². The van der Waals surface area contributed by atoms with E-state index in [1.165, 1.54) is 13.2 Å². The molecule has 1 atom stereocenters. The Morgan fingerprint density at radius 2 is 1.89 bits per heavy atom. The van der Waals surface area contributed by atoms with Crippen LogP contribution in [0.3, 0.4) is 0 Å². The third-order valence-corrected chi connectivity index (χ3v) is 5.73. The Kier molecular flexibility index (Phi) is 6.96. The molecule has 2 aromatic rings. The van der Waals surface area contributed by atoms with Gasteiger partial charge in [0.05, 0.1) is 25.1 Å². The van der Waals surface area contributed by atoms with Gasteiger partial charge in [-0.25, -0.2) is 8.42 Å². The number of amides is 1. The van der Waals surface area contributed by atoms with Crippen LogP contribution < -0.4 is 14.4 Å². The summed E-state index contributed by atoms with van der Waals surface area (Å²) in [4.78, 5) is 12.6. The van der Waals surface area contributed by atoms with E-state index in [1.807, 2.05) is 39.0 Å². The summed E-state index contributed by atoms with van der Waals surface area (Å²) < 4.78 is 30.9. The summed E-state index contributed by atoms with van der Waals surface area (Å²) in [7, 11) is -2.32. The van der Waals surface area contributed by atoms with E-state index in [4.69, 9.17) is 16.3 Å². The number of nitrogens with zero attached hydrogens (tertiary/aromatic N) is 1. The molecule has 1 amide bonds. The van der Waals surface area contributed by atoms with E-state index < -0.39 is 15.9 Å². The van der Waals surface area contributed by atoms with Crippen molar-refractivity contribution in [3.63, 3.8) is 0 Å². The first-order valence-corrected chi connectivity index (χ1v) is 10.9. The smallest absolute Gasteiger partial charge is 0.241 e. The number of nitrogens with one attached hydrogen (secondary N) is 1. The highest BCUT2D eigenvalue weighted by molar-refractivity contribution is 7.92. The van der Waals surface area contributed by atoms with E-state index in [2.05, 4.69) is 5.32 Å². The number of rotatable bonds is 7. The van der Waals surface area contributed by atoms with Crippen molar-refractivity contribution in [2.24, 2.45) is 0 Å². The number of hydrogen-bond donors (Lipinski definition) is 1. The number of hydrogen-bond acceptors (Lipinski definition) is 4. The van der Waals surface area contributed by atoms with Crippen LogP contribution in [0.25, 0.3) is 0 Å². The lowest BCUT2D eigenvalue weighted by atomic mass is 10.0. The first kappa shape index (κ1) is 22.0. The Morgan fingerprint density at radius 3 is 2.46 bits per heavy atom. The molecule has 2 rings (SSSR count). The van der Waals surface area contributed by atoms with E-state index >= 15 is 0 Å². The molecule has 0 spiro atoms. The summed E-state index contributed by atoms with van der Waals surface area (Å²) in [6, 6.07) is 10.3. The minimum absolute atomic E-state index is 0.215. The van der Waals surface area contributed by atoms with Gasteiger partial charge in [-0.1, -0.05) is 35.4 Å². The maximum Gasteiger partial charge on any atom is 0.241 e. The predicted molar refractivity (Wildman–Crippen MR) is 113 cm³/mol. The van der Waals surface area contributed by atoms with E-state index in [0.717, 1.165) is 27.3 Å². The molecule has 0 aromatic heterocycles. The van der Waals surface area contributed by atoms with E-state index in [0.29, 0.717) is 10.8 Å². The molecular weight excluding hydrogens is 400 g/mol. The largest absolute Gasteiger partial charge is 0.495 e. The van der Waals surface area contributed by atoms with Crippen LogP contribution in [0.4, 0.5) is 5.69 Å². The van der Waals surface area contributed by atoms with Crippen LogP contribution in [0.5, 0.6) is 5.75 Å². The van der Waals surface area contributed by atoms with Crippen molar-refractivity contribution in [2.45, 2.75) is 26.8 Å². The Morgan fingerprint density at radius 1 is 1.21 bits per heavy atom. The molecule has 0 heterocycles. The second kappa shape index (κ2) is 8.84. The summed E-state index contributed by atoms with van der Waals surface area (Å²) in [5.41, 5.74) is 3.39. The van der Waals surface area contributed by atoms with Gasteiger partial charge in [0.25, 0.3) is 0 Å². The fourth-order valence-electron chi connectivity index (χ4n) is 3.05. The monoisotopic (exact) mass is 424 g/mol. The van der Waals surface area contributed by atoms with Gasteiger partial charge < -0.3 is 10.1 Å². The molecule has 8 heteroatoms. The Hall–Kier alpha value is -2.25. The first-order valence-electron chi connectivity index (χ1n) is 8.70. The van der Waals surface area contributed by atoms with Crippen LogP contribution in [0.15, 0.2) is 36.4 Å². The van der Waals surface area contributed by atoms with Gasteiger partial charge in [0.2, 0.25) is 15.9 Å². The highest BCUT2D eigenvalue weighted by atomic mass is 35.5. The molecule has 0 saturated carbocycles. The third kappa shape index (κ3) is 5.39. The topological polar surface area (TPSA) is 75.7 Å². The zero-order valence-corrected chi connectivity index (χ0v) is 18.2. The second-order valence-electron chi connectivity index (χ2n) is 6.74.